The first-order chi connectivity index (χ1) is 55.2. The molecule has 5 aromatic carbocycles. The maximum absolute atomic E-state index is 14.6. The number of halogens is 4. The number of alkyl halides is 3. The number of nitrogens with zero attached hydrogens (tertiary/aromatic N) is 6. The third-order valence-corrected chi connectivity index (χ3v) is 27.1. The van der Waals surface area contributed by atoms with Gasteiger partial charge in [0.25, 0.3) is 25.8 Å². The molecule has 24 nitrogen and oxygen atoms in total. The number of hydrogen-bond donors (Lipinski definition) is 4. The Bertz CT molecular complexity index is 4510. The first-order valence-electron chi connectivity index (χ1n) is 39.6. The van der Waals surface area contributed by atoms with E-state index in [0.717, 1.165) is 107 Å². The number of amides is 4. The highest BCUT2D eigenvalue weighted by molar-refractivity contribution is 7.99. The minimum absolute atomic E-state index is 0.0379. The Labute approximate surface area is 686 Å². The third-order valence-electron chi connectivity index (χ3n) is 21.8. The number of carbonyl (C=O) groups is 5. The number of piperazine rings is 2. The number of nitrogens with one attached hydrogen (secondary N) is 4. The number of likely N-dealkylation sites (N-methyl/N-ethyl adjacent to an activating group) is 1. The van der Waals surface area contributed by atoms with Gasteiger partial charge in [0.1, 0.15) is 40.6 Å². The number of sulfone groups is 1. The van der Waals surface area contributed by atoms with Gasteiger partial charge in [0.05, 0.1) is 68.9 Å². The van der Waals surface area contributed by atoms with Crippen LogP contribution in [0.25, 0.3) is 5.57 Å². The van der Waals surface area contributed by atoms with Gasteiger partial charge in [-0.3, -0.25) is 33.8 Å². The standard InChI is InChI=1S/C83H106ClF3N10O14S4/c1-58(88-4)78(100)91-76(60-13-7-5-8-14-60)81(102)97-33-12-19-73(97)80-90-72(57-113-80)77(99)62-15-11-16-67(51-62)111-50-49-109-46-45-107-43-44-108-47-48-110-55-75(98)96-41-35-93(36-42-96)34-31-65(56-112-68-17-9-6-10-18-68)89-71-29-28-69(52-74(71)114(103,104)83(85,86)87)115(105,106)92-79(101)61-22-26-66(27-23-61)95-39-37-94(38-40-95)54-63-53-82(2,3)32-30-70(63)59-20-24-64(84)25-21-59/h6,9-11,15-18,20-29,51-52,57-58,60,65,73,76,88-89H,5,7-8,12-14,19,30-50,53-56H2,1-4H3,(H,91,100)(H,92,101)/t58-,65+,73-,76-/m0/s1. The first kappa shape index (κ1) is 88.3. The van der Waals surface area contributed by atoms with Crippen molar-refractivity contribution in [3.63, 3.8) is 0 Å². The molecule has 5 aliphatic rings. The predicted molar refractivity (Wildman–Crippen MR) is 439 cm³/mol. The molecule has 11 rings (SSSR count). The molecule has 4 N–H and O–H groups in total. The van der Waals surface area contributed by atoms with Crippen LogP contribution in [0, 0.1) is 11.3 Å². The van der Waals surface area contributed by atoms with Gasteiger partial charge in [-0.1, -0.05) is 92.7 Å². The highest BCUT2D eigenvalue weighted by Crippen LogP contribution is 2.44. The number of benzene rings is 5. The molecule has 4 amide bonds. The molecular weight excluding hydrogens is 1580 g/mol. The topological polar surface area (TPSA) is 277 Å². The summed E-state index contributed by atoms with van der Waals surface area (Å²) in [6.45, 7) is 14.8. The Morgan fingerprint density at radius 1 is 0.722 bits per heavy atom. The Kier molecular flexibility index (Phi) is 32.0. The molecule has 0 radical (unpaired) electrons. The van der Waals surface area contributed by atoms with Crippen LogP contribution >= 0.6 is 34.7 Å². The van der Waals surface area contributed by atoms with Crippen LogP contribution in [0.15, 0.2) is 147 Å². The van der Waals surface area contributed by atoms with Gasteiger partial charge < -0.3 is 54.3 Å². The smallest absolute Gasteiger partial charge is 0.491 e. The number of ether oxygens (including phenoxy) is 5. The average Bonchev–Trinajstić information content (AvgIpc) is 1.43. The summed E-state index contributed by atoms with van der Waals surface area (Å²) >= 11 is 8.99. The summed E-state index contributed by atoms with van der Waals surface area (Å²) in [5.74, 6) is -0.995. The van der Waals surface area contributed by atoms with Gasteiger partial charge in [-0.05, 0) is 167 Å². The second-order valence-corrected chi connectivity index (χ2v) is 36.5. The molecule has 1 saturated carbocycles. The van der Waals surface area contributed by atoms with E-state index in [1.165, 1.54) is 51.9 Å². The van der Waals surface area contributed by atoms with Crippen molar-refractivity contribution in [1.29, 1.82) is 0 Å². The lowest BCUT2D eigenvalue weighted by Crippen LogP contribution is -2.55. The normalized spacial score (nSPS) is 18.3. The van der Waals surface area contributed by atoms with Crippen LogP contribution in [0.5, 0.6) is 5.75 Å². The maximum atomic E-state index is 14.6. The van der Waals surface area contributed by atoms with Crippen molar-refractivity contribution in [2.24, 2.45) is 11.3 Å². The second-order valence-electron chi connectivity index (χ2n) is 30.5. The number of thioether (sulfide) groups is 1. The van der Waals surface area contributed by atoms with Crippen LogP contribution in [0.3, 0.4) is 0 Å². The second kappa shape index (κ2) is 41.7. The highest BCUT2D eigenvalue weighted by Gasteiger charge is 2.49. The number of aromatic nitrogens is 1. The zero-order valence-electron chi connectivity index (χ0n) is 65.7. The van der Waals surface area contributed by atoms with E-state index in [0.29, 0.717) is 112 Å². The average molecular weight is 1690 g/mol. The van der Waals surface area contributed by atoms with Gasteiger partial charge in [0.2, 0.25) is 23.5 Å². The number of sulfonamides is 1. The summed E-state index contributed by atoms with van der Waals surface area (Å²) < 4.78 is 129. The lowest BCUT2D eigenvalue weighted by Gasteiger charge is -2.39. The minimum atomic E-state index is -6.17. The Morgan fingerprint density at radius 3 is 2.07 bits per heavy atom. The predicted octanol–water partition coefficient (Wildman–Crippen LogP) is 11.8. The number of hydrogen-bond acceptors (Lipinski definition) is 22. The van der Waals surface area contributed by atoms with Gasteiger partial charge in [0, 0.05) is 116 Å². The molecule has 32 heteroatoms. The lowest BCUT2D eigenvalue weighted by atomic mass is 9.73. The molecule has 4 atom stereocenters. The first-order valence-corrected chi connectivity index (χ1v) is 44.8. The van der Waals surface area contributed by atoms with E-state index in [2.05, 4.69) is 56.6 Å². The molecule has 6 aromatic rings. The summed E-state index contributed by atoms with van der Waals surface area (Å²) in [4.78, 5) is 81.5. The van der Waals surface area contributed by atoms with Crippen LogP contribution in [0.2, 0.25) is 5.02 Å². The number of allylic oxidation sites excluding steroid dienone is 1. The Morgan fingerprint density at radius 2 is 1.39 bits per heavy atom. The van der Waals surface area contributed by atoms with Crippen LogP contribution in [-0.4, -0.2) is 239 Å². The van der Waals surface area contributed by atoms with E-state index in [9.17, 15) is 54.0 Å². The van der Waals surface area contributed by atoms with Crippen molar-refractivity contribution in [2.45, 2.75) is 136 Å². The van der Waals surface area contributed by atoms with Crippen molar-refractivity contribution in [1.82, 2.24) is 39.9 Å². The van der Waals surface area contributed by atoms with Gasteiger partial charge in [-0.15, -0.1) is 23.1 Å². The van der Waals surface area contributed by atoms with E-state index in [1.807, 2.05) is 52.1 Å². The monoisotopic (exact) mass is 1690 g/mol. The number of thiazole rings is 1. The summed E-state index contributed by atoms with van der Waals surface area (Å²) in [5.41, 5.74) is -0.617. The van der Waals surface area contributed by atoms with Crippen molar-refractivity contribution >= 4 is 101 Å². The van der Waals surface area contributed by atoms with Crippen LogP contribution in [-0.2, 0) is 53.2 Å². The van der Waals surface area contributed by atoms with Gasteiger partial charge in [-0.2, -0.15) is 13.2 Å². The Hall–Kier alpha value is -7.53. The fourth-order valence-corrected chi connectivity index (χ4v) is 19.2. The van der Waals surface area contributed by atoms with Gasteiger partial charge in [0.15, 0.2) is 0 Å². The van der Waals surface area contributed by atoms with E-state index < -0.39 is 64.9 Å². The number of carbonyl (C=O) groups excluding carboxylic acids is 5. The molecule has 3 saturated heterocycles. The van der Waals surface area contributed by atoms with E-state index in [-0.39, 0.29) is 91.8 Å². The molecule has 0 bridgehead atoms. The number of rotatable bonds is 39. The fraction of sp³-hybridized carbons (Fsp3) is 0.518. The molecule has 4 heterocycles. The Balaban J connectivity index is 0.570. The van der Waals surface area contributed by atoms with Gasteiger partial charge in [-0.25, -0.2) is 26.5 Å². The van der Waals surface area contributed by atoms with Crippen molar-refractivity contribution in [2.75, 3.05) is 154 Å². The zero-order chi connectivity index (χ0) is 81.7. The minimum Gasteiger partial charge on any atom is -0.491 e. The largest absolute Gasteiger partial charge is 0.501 e. The SMILES string of the molecule is CN[C@@H](C)C(=O)N[C@H](C(=O)N1CCC[C@H]1c1nc(C(=O)c2cccc(OCCOCCOCCOCCOCC(=O)N3CCN(CC[C@H](CSc4ccccc4)Nc4ccc(S(=O)(=O)NC(=O)c5ccc(N6CCN(CC7=C(c8ccc(Cl)cc8)CCC(C)(C)C7)CC6)cc5)cc4S(=O)(=O)C(F)(F)F)CC3)c2)cs1)C1CCCCC1. The number of ketones is 1. The van der Waals surface area contributed by atoms with E-state index in [4.69, 9.17) is 40.3 Å². The van der Waals surface area contributed by atoms with Crippen LogP contribution in [0.4, 0.5) is 24.5 Å². The molecule has 115 heavy (non-hydrogen) atoms. The zero-order valence-corrected chi connectivity index (χ0v) is 69.7. The molecule has 624 valence electrons. The quantitative estimate of drug-likeness (QED) is 0.0159. The molecule has 4 fully saturated rings. The summed E-state index contributed by atoms with van der Waals surface area (Å²) in [5, 5.41) is 12.2. The van der Waals surface area contributed by atoms with Gasteiger partial charge >= 0.3 is 5.51 Å². The number of anilines is 2. The highest BCUT2D eigenvalue weighted by atomic mass is 35.5. The molecule has 0 unspecified atom stereocenters. The molecule has 0 spiro atoms. The third kappa shape index (κ3) is 24.8. The maximum Gasteiger partial charge on any atom is 0.501 e. The lowest BCUT2D eigenvalue weighted by molar-refractivity contribution is -0.139. The van der Waals surface area contributed by atoms with E-state index >= 15 is 0 Å². The molecule has 2 aliphatic carbocycles. The molecule has 1 aromatic heterocycles. The van der Waals surface area contributed by atoms with Crippen molar-refractivity contribution in [3.05, 3.63) is 165 Å². The van der Waals surface area contributed by atoms with Crippen molar-refractivity contribution in [3.8, 4) is 5.75 Å². The van der Waals surface area contributed by atoms with E-state index in [1.54, 1.807) is 60.6 Å². The van der Waals surface area contributed by atoms with Crippen LogP contribution < -0.4 is 30.3 Å². The molecular formula is C83H106ClF3N10O14S4. The fourth-order valence-electron chi connectivity index (χ4n) is 15.2. The van der Waals surface area contributed by atoms with Crippen LogP contribution in [0.1, 0.15) is 134 Å². The summed E-state index contributed by atoms with van der Waals surface area (Å²) in [7, 11) is -9.39. The summed E-state index contributed by atoms with van der Waals surface area (Å²) in [6.07, 6.45) is 9.85. The molecule has 3 aliphatic heterocycles. The number of likely N-dealkylation sites (tertiary alicyclic amines) is 1. The van der Waals surface area contributed by atoms with Crippen molar-refractivity contribution < 1.29 is 77.7 Å². The summed E-state index contributed by atoms with van der Waals surface area (Å²) in [6, 6.07) is 30.9.